The Morgan fingerprint density at radius 1 is 1.06 bits per heavy atom. The predicted octanol–water partition coefficient (Wildman–Crippen LogP) is 4.03. The molecule has 0 bridgehead atoms. The van der Waals surface area contributed by atoms with E-state index in [1.165, 1.54) is 22.3 Å². The Hall–Kier alpha value is -1.31. The smallest absolute Gasteiger partial charge is 0.0412 e. The minimum Gasteiger partial charge on any atom is -0.316 e. The fourth-order valence-corrected chi connectivity index (χ4v) is 2.07. The SMILES string of the molecule is CNCc1ccc(Cl)cc1-c1ccc(C)cc1. The summed E-state index contributed by atoms with van der Waals surface area (Å²) in [7, 11) is 1.95. The van der Waals surface area contributed by atoms with E-state index >= 15 is 0 Å². The molecule has 2 aromatic rings. The van der Waals surface area contributed by atoms with Crippen LogP contribution in [0.1, 0.15) is 11.1 Å². The molecule has 0 aliphatic rings. The first-order valence-corrected chi connectivity index (χ1v) is 6.08. The molecule has 1 N–H and O–H groups in total. The highest BCUT2D eigenvalue weighted by molar-refractivity contribution is 6.30. The molecule has 0 unspecified atom stereocenters. The minimum absolute atomic E-state index is 0.778. The fraction of sp³-hybridized carbons (Fsp3) is 0.200. The van der Waals surface area contributed by atoms with Crippen molar-refractivity contribution in [1.29, 1.82) is 0 Å². The van der Waals surface area contributed by atoms with Crippen LogP contribution in [0.2, 0.25) is 5.02 Å². The molecule has 0 amide bonds. The molecule has 2 aromatic carbocycles. The topological polar surface area (TPSA) is 12.0 Å². The number of hydrogen-bond acceptors (Lipinski definition) is 1. The van der Waals surface area contributed by atoms with Crippen LogP contribution in [0.25, 0.3) is 11.1 Å². The van der Waals surface area contributed by atoms with Gasteiger partial charge in [0.15, 0.2) is 0 Å². The Morgan fingerprint density at radius 2 is 1.76 bits per heavy atom. The average molecular weight is 246 g/mol. The lowest BCUT2D eigenvalue weighted by Gasteiger charge is -2.10. The van der Waals surface area contributed by atoms with Crippen molar-refractivity contribution in [3.8, 4) is 11.1 Å². The van der Waals surface area contributed by atoms with E-state index in [1.54, 1.807) is 0 Å². The lowest BCUT2D eigenvalue weighted by molar-refractivity contribution is 0.819. The van der Waals surface area contributed by atoms with E-state index in [4.69, 9.17) is 11.6 Å². The summed E-state index contributed by atoms with van der Waals surface area (Å²) in [4.78, 5) is 0. The van der Waals surface area contributed by atoms with Crippen LogP contribution in [0.5, 0.6) is 0 Å². The van der Waals surface area contributed by atoms with E-state index in [2.05, 4.69) is 42.6 Å². The average Bonchev–Trinajstić information content (AvgIpc) is 2.33. The summed E-state index contributed by atoms with van der Waals surface area (Å²) in [6.07, 6.45) is 0. The number of hydrogen-bond donors (Lipinski definition) is 1. The zero-order valence-corrected chi connectivity index (χ0v) is 10.9. The molecule has 1 nitrogen and oxygen atoms in total. The van der Waals surface area contributed by atoms with Crippen LogP contribution in [0.15, 0.2) is 42.5 Å². The van der Waals surface area contributed by atoms with Gasteiger partial charge in [-0.15, -0.1) is 0 Å². The largest absolute Gasteiger partial charge is 0.316 e. The van der Waals surface area contributed by atoms with Gasteiger partial charge in [0.25, 0.3) is 0 Å². The van der Waals surface area contributed by atoms with Crippen LogP contribution in [0.4, 0.5) is 0 Å². The fourth-order valence-electron chi connectivity index (χ4n) is 1.90. The van der Waals surface area contributed by atoms with Crippen molar-refractivity contribution < 1.29 is 0 Å². The van der Waals surface area contributed by atoms with Gasteiger partial charge in [-0.25, -0.2) is 0 Å². The number of aryl methyl sites for hydroxylation is 1. The highest BCUT2D eigenvalue weighted by atomic mass is 35.5. The van der Waals surface area contributed by atoms with Crippen LogP contribution >= 0.6 is 11.6 Å². The van der Waals surface area contributed by atoms with Gasteiger partial charge in [-0.05, 0) is 42.8 Å². The molecule has 0 heterocycles. The molecule has 0 fully saturated rings. The standard InChI is InChI=1S/C15H16ClN/c1-11-3-5-12(6-4-11)15-9-14(16)8-7-13(15)10-17-2/h3-9,17H,10H2,1-2H3. The zero-order chi connectivity index (χ0) is 12.3. The maximum absolute atomic E-state index is 6.08. The van der Waals surface area contributed by atoms with E-state index in [1.807, 2.05) is 19.2 Å². The molecule has 2 heteroatoms. The summed E-state index contributed by atoms with van der Waals surface area (Å²) in [6.45, 7) is 2.94. The van der Waals surface area contributed by atoms with Crippen molar-refractivity contribution in [3.05, 3.63) is 58.6 Å². The van der Waals surface area contributed by atoms with E-state index in [0.717, 1.165) is 11.6 Å². The number of benzene rings is 2. The summed E-state index contributed by atoms with van der Waals surface area (Å²) in [5.41, 5.74) is 4.95. The van der Waals surface area contributed by atoms with Crippen LogP contribution < -0.4 is 5.32 Å². The third-order valence-electron chi connectivity index (χ3n) is 2.80. The molecule has 88 valence electrons. The van der Waals surface area contributed by atoms with E-state index < -0.39 is 0 Å². The number of rotatable bonds is 3. The predicted molar refractivity (Wildman–Crippen MR) is 74.4 cm³/mol. The lowest BCUT2D eigenvalue weighted by Crippen LogP contribution is -2.06. The first kappa shape index (κ1) is 12.2. The van der Waals surface area contributed by atoms with Crippen molar-refractivity contribution in [3.63, 3.8) is 0 Å². The second kappa shape index (κ2) is 5.35. The molecule has 0 aromatic heterocycles. The Kier molecular flexibility index (Phi) is 3.82. The van der Waals surface area contributed by atoms with E-state index in [9.17, 15) is 0 Å². The van der Waals surface area contributed by atoms with Gasteiger partial charge in [-0.1, -0.05) is 47.5 Å². The van der Waals surface area contributed by atoms with Crippen molar-refractivity contribution in [2.24, 2.45) is 0 Å². The monoisotopic (exact) mass is 245 g/mol. The van der Waals surface area contributed by atoms with Crippen molar-refractivity contribution in [1.82, 2.24) is 5.32 Å². The van der Waals surface area contributed by atoms with Gasteiger partial charge in [-0.2, -0.15) is 0 Å². The van der Waals surface area contributed by atoms with Crippen molar-refractivity contribution in [2.75, 3.05) is 7.05 Å². The Balaban J connectivity index is 2.48. The molecule has 0 saturated heterocycles. The molecule has 0 radical (unpaired) electrons. The summed E-state index contributed by atoms with van der Waals surface area (Å²) in [5, 5.41) is 3.96. The molecule has 0 atom stereocenters. The first-order valence-electron chi connectivity index (χ1n) is 5.71. The van der Waals surface area contributed by atoms with Gasteiger partial charge in [-0.3, -0.25) is 0 Å². The Bertz CT molecular complexity index is 503. The van der Waals surface area contributed by atoms with Crippen molar-refractivity contribution >= 4 is 11.6 Å². The third kappa shape index (κ3) is 2.87. The summed E-state index contributed by atoms with van der Waals surface area (Å²) in [5.74, 6) is 0. The van der Waals surface area contributed by atoms with Gasteiger partial charge >= 0.3 is 0 Å². The van der Waals surface area contributed by atoms with Gasteiger partial charge < -0.3 is 5.32 Å². The zero-order valence-electron chi connectivity index (χ0n) is 10.1. The summed E-state index contributed by atoms with van der Waals surface area (Å²) < 4.78 is 0. The molecular formula is C15H16ClN. The summed E-state index contributed by atoms with van der Waals surface area (Å²) >= 11 is 6.08. The van der Waals surface area contributed by atoms with Gasteiger partial charge in [0.2, 0.25) is 0 Å². The second-order valence-corrected chi connectivity index (χ2v) is 4.63. The molecule has 0 aliphatic carbocycles. The lowest BCUT2D eigenvalue weighted by atomic mass is 9.99. The first-order chi connectivity index (χ1) is 8.20. The van der Waals surface area contributed by atoms with Crippen LogP contribution in [-0.2, 0) is 6.54 Å². The molecular weight excluding hydrogens is 230 g/mol. The molecule has 0 spiro atoms. The molecule has 17 heavy (non-hydrogen) atoms. The van der Waals surface area contributed by atoms with Gasteiger partial charge in [0, 0.05) is 11.6 Å². The highest BCUT2D eigenvalue weighted by Crippen LogP contribution is 2.27. The second-order valence-electron chi connectivity index (χ2n) is 4.20. The van der Waals surface area contributed by atoms with Gasteiger partial charge in [0.05, 0.1) is 0 Å². The number of halogens is 1. The molecule has 0 aliphatic heterocycles. The minimum atomic E-state index is 0.778. The molecule has 0 saturated carbocycles. The Labute approximate surface area is 107 Å². The normalized spacial score (nSPS) is 10.5. The van der Waals surface area contributed by atoms with E-state index in [0.29, 0.717) is 0 Å². The van der Waals surface area contributed by atoms with E-state index in [-0.39, 0.29) is 0 Å². The van der Waals surface area contributed by atoms with Gasteiger partial charge in [0.1, 0.15) is 0 Å². The highest BCUT2D eigenvalue weighted by Gasteiger charge is 2.05. The van der Waals surface area contributed by atoms with Crippen molar-refractivity contribution in [2.45, 2.75) is 13.5 Å². The van der Waals surface area contributed by atoms with Crippen LogP contribution in [0, 0.1) is 6.92 Å². The summed E-state index contributed by atoms with van der Waals surface area (Å²) in [6, 6.07) is 14.6. The maximum Gasteiger partial charge on any atom is 0.0412 e. The quantitative estimate of drug-likeness (QED) is 0.861. The number of nitrogens with one attached hydrogen (secondary N) is 1. The maximum atomic E-state index is 6.08. The Morgan fingerprint density at radius 3 is 2.41 bits per heavy atom. The molecule has 2 rings (SSSR count). The van der Waals surface area contributed by atoms with Crippen LogP contribution in [0.3, 0.4) is 0 Å². The van der Waals surface area contributed by atoms with Crippen LogP contribution in [-0.4, -0.2) is 7.05 Å². The third-order valence-corrected chi connectivity index (χ3v) is 3.04.